The lowest BCUT2D eigenvalue weighted by Crippen LogP contribution is -2.21. The van der Waals surface area contributed by atoms with Crippen molar-refractivity contribution >= 4 is 5.97 Å². The van der Waals surface area contributed by atoms with Crippen LogP contribution in [0.1, 0.15) is 40.7 Å². The minimum Gasteiger partial charge on any atom is -0.493 e. The normalized spacial score (nSPS) is 14.0. The molecule has 1 aliphatic rings. The van der Waals surface area contributed by atoms with Crippen LogP contribution in [-0.2, 0) is 0 Å². The summed E-state index contributed by atoms with van der Waals surface area (Å²) < 4.78 is 33.3. The second-order valence-corrected chi connectivity index (χ2v) is 8.31. The van der Waals surface area contributed by atoms with Crippen molar-refractivity contribution in [3.05, 3.63) is 82.7 Å². The fourth-order valence-corrected chi connectivity index (χ4v) is 4.25. The van der Waals surface area contributed by atoms with E-state index in [0.29, 0.717) is 40.9 Å². The summed E-state index contributed by atoms with van der Waals surface area (Å²) in [6.45, 7) is 2.55. The molecule has 1 aliphatic heterocycles. The van der Waals surface area contributed by atoms with E-state index in [1.807, 2.05) is 31.2 Å². The zero-order chi connectivity index (χ0) is 27.2. The maximum absolute atomic E-state index is 13.0. The van der Waals surface area contributed by atoms with Crippen LogP contribution in [0.15, 0.2) is 66.1 Å². The smallest absolute Gasteiger partial charge is 0.343 e. The minimum atomic E-state index is -0.642. The van der Waals surface area contributed by atoms with Gasteiger partial charge in [-0.1, -0.05) is 31.2 Å². The lowest BCUT2D eigenvalue weighted by Gasteiger charge is -2.28. The van der Waals surface area contributed by atoms with Crippen molar-refractivity contribution in [2.24, 2.45) is 5.73 Å². The van der Waals surface area contributed by atoms with Gasteiger partial charge < -0.3 is 34.2 Å². The molecule has 3 aromatic rings. The van der Waals surface area contributed by atoms with Gasteiger partial charge in [0.1, 0.15) is 28.9 Å². The second-order valence-electron chi connectivity index (χ2n) is 8.31. The Bertz CT molecular complexity index is 1400. The predicted octanol–water partition coefficient (Wildman–Crippen LogP) is 4.94. The van der Waals surface area contributed by atoms with Crippen molar-refractivity contribution in [2.45, 2.75) is 19.3 Å². The number of hydrogen-bond donors (Lipinski definition) is 1. The summed E-state index contributed by atoms with van der Waals surface area (Å²) in [6.07, 6.45) is 0.836. The van der Waals surface area contributed by atoms with E-state index in [-0.39, 0.29) is 22.8 Å². The fourth-order valence-electron chi connectivity index (χ4n) is 4.25. The summed E-state index contributed by atoms with van der Waals surface area (Å²) in [5, 5.41) is 9.90. The number of para-hydroxylation sites is 1. The number of ether oxygens (including phenoxy) is 6. The number of benzene rings is 3. The molecular weight excluding hydrogens is 488 g/mol. The van der Waals surface area contributed by atoms with E-state index in [9.17, 15) is 10.1 Å². The van der Waals surface area contributed by atoms with Gasteiger partial charge in [-0.3, -0.25) is 0 Å². The Kier molecular flexibility index (Phi) is 7.92. The summed E-state index contributed by atoms with van der Waals surface area (Å²) in [7, 11) is 4.40. The molecule has 0 bridgehead atoms. The Labute approximate surface area is 220 Å². The first kappa shape index (κ1) is 26.2. The molecule has 0 radical (unpaired) electrons. The standard InChI is InChI=1S/C29H28N2O7/c1-5-12-36-22-9-7-6-8-19(22)26-20-11-10-18(15-23(20)38-28(31)21(26)16-30)37-29(32)17-13-24(33-2)27(35-4)25(14-17)34-3/h6-11,13-15,26H,5,12,31H2,1-4H3. The van der Waals surface area contributed by atoms with Crippen molar-refractivity contribution in [1.29, 1.82) is 5.26 Å². The molecule has 4 rings (SSSR count). The van der Waals surface area contributed by atoms with Crippen LogP contribution >= 0.6 is 0 Å². The van der Waals surface area contributed by atoms with Crippen molar-refractivity contribution in [1.82, 2.24) is 0 Å². The topological polar surface area (TPSA) is 122 Å². The van der Waals surface area contributed by atoms with Gasteiger partial charge in [-0.25, -0.2) is 4.79 Å². The van der Waals surface area contributed by atoms with Crippen molar-refractivity contribution in [3.63, 3.8) is 0 Å². The lowest BCUT2D eigenvalue weighted by molar-refractivity contribution is 0.0733. The zero-order valence-electron chi connectivity index (χ0n) is 21.6. The molecule has 0 aliphatic carbocycles. The summed E-state index contributed by atoms with van der Waals surface area (Å²) in [5.74, 6) is 1.07. The Morgan fingerprint density at radius 3 is 2.32 bits per heavy atom. The molecule has 1 unspecified atom stereocenters. The number of rotatable bonds is 9. The highest BCUT2D eigenvalue weighted by Gasteiger charge is 2.33. The van der Waals surface area contributed by atoms with Crippen LogP contribution in [0.25, 0.3) is 0 Å². The molecule has 0 aromatic heterocycles. The largest absolute Gasteiger partial charge is 0.493 e. The number of nitrogens with zero attached hydrogens (tertiary/aromatic N) is 1. The first-order valence-corrected chi connectivity index (χ1v) is 11.9. The van der Waals surface area contributed by atoms with Crippen molar-refractivity contribution in [3.8, 4) is 40.6 Å². The maximum atomic E-state index is 13.0. The van der Waals surface area contributed by atoms with E-state index < -0.39 is 11.9 Å². The quantitative estimate of drug-likeness (QED) is 0.311. The van der Waals surface area contributed by atoms with E-state index in [2.05, 4.69) is 6.07 Å². The summed E-state index contributed by atoms with van der Waals surface area (Å²) in [4.78, 5) is 13.0. The molecule has 1 atom stereocenters. The third kappa shape index (κ3) is 5.02. The maximum Gasteiger partial charge on any atom is 0.343 e. The number of nitrogens with two attached hydrogens (primary N) is 1. The minimum absolute atomic E-state index is 0.0246. The van der Waals surface area contributed by atoms with Gasteiger partial charge in [0.15, 0.2) is 11.5 Å². The molecule has 3 aromatic carbocycles. The number of allylic oxidation sites excluding steroid dienone is 1. The summed E-state index contributed by atoms with van der Waals surface area (Å²) in [6, 6.07) is 17.6. The Hall–Kier alpha value is -4.84. The van der Waals surface area contributed by atoms with E-state index in [0.717, 1.165) is 12.0 Å². The summed E-state index contributed by atoms with van der Waals surface area (Å²) >= 11 is 0. The van der Waals surface area contributed by atoms with Crippen LogP contribution in [0.5, 0.6) is 34.5 Å². The van der Waals surface area contributed by atoms with Crippen molar-refractivity contribution in [2.75, 3.05) is 27.9 Å². The van der Waals surface area contributed by atoms with Gasteiger partial charge in [-0.05, 0) is 30.7 Å². The molecule has 1 heterocycles. The Morgan fingerprint density at radius 2 is 1.68 bits per heavy atom. The average molecular weight is 517 g/mol. The van der Waals surface area contributed by atoms with E-state index in [1.165, 1.54) is 33.5 Å². The molecule has 0 saturated carbocycles. The van der Waals surface area contributed by atoms with Crippen LogP contribution in [0.3, 0.4) is 0 Å². The number of carbonyl (C=O) groups is 1. The van der Waals surface area contributed by atoms with Crippen LogP contribution in [0, 0.1) is 11.3 Å². The van der Waals surface area contributed by atoms with Crippen LogP contribution in [-0.4, -0.2) is 33.9 Å². The van der Waals surface area contributed by atoms with Gasteiger partial charge in [0.2, 0.25) is 11.6 Å². The van der Waals surface area contributed by atoms with Crippen LogP contribution < -0.4 is 34.2 Å². The second kappa shape index (κ2) is 11.5. The molecule has 0 saturated heterocycles. The lowest BCUT2D eigenvalue weighted by atomic mass is 9.83. The molecule has 0 spiro atoms. The molecule has 9 nitrogen and oxygen atoms in total. The average Bonchev–Trinajstić information content (AvgIpc) is 2.94. The molecule has 0 amide bonds. The van der Waals surface area contributed by atoms with Gasteiger partial charge in [-0.2, -0.15) is 5.26 Å². The molecule has 196 valence electrons. The van der Waals surface area contributed by atoms with Gasteiger partial charge in [-0.15, -0.1) is 0 Å². The SMILES string of the molecule is CCCOc1ccccc1C1C(C#N)=C(N)Oc2cc(OC(=O)c3cc(OC)c(OC)c(OC)c3)ccc21. The van der Waals surface area contributed by atoms with Gasteiger partial charge in [0.05, 0.1) is 39.4 Å². The zero-order valence-corrected chi connectivity index (χ0v) is 21.6. The van der Waals surface area contributed by atoms with Gasteiger partial charge >= 0.3 is 5.97 Å². The number of methoxy groups -OCH3 is 3. The first-order chi connectivity index (χ1) is 18.4. The van der Waals surface area contributed by atoms with Crippen molar-refractivity contribution < 1.29 is 33.2 Å². The van der Waals surface area contributed by atoms with Crippen LogP contribution in [0.2, 0.25) is 0 Å². The number of nitriles is 1. The van der Waals surface area contributed by atoms with E-state index in [4.69, 9.17) is 34.2 Å². The molecule has 38 heavy (non-hydrogen) atoms. The number of fused-ring (bicyclic) bond motifs is 1. The van der Waals surface area contributed by atoms with E-state index >= 15 is 0 Å². The molecule has 2 N–H and O–H groups in total. The molecular formula is C29H28N2O7. The predicted molar refractivity (Wildman–Crippen MR) is 139 cm³/mol. The highest BCUT2D eigenvalue weighted by atomic mass is 16.5. The Balaban J connectivity index is 1.69. The van der Waals surface area contributed by atoms with Gasteiger partial charge in [0.25, 0.3) is 0 Å². The highest BCUT2D eigenvalue weighted by molar-refractivity contribution is 5.92. The third-order valence-corrected chi connectivity index (χ3v) is 5.99. The van der Waals surface area contributed by atoms with Crippen LogP contribution in [0.4, 0.5) is 0 Å². The fraction of sp³-hybridized carbons (Fsp3) is 0.241. The summed E-state index contributed by atoms with van der Waals surface area (Å²) in [5.41, 5.74) is 8.11. The number of esters is 1. The van der Waals surface area contributed by atoms with E-state index in [1.54, 1.807) is 18.2 Å². The molecule has 0 fully saturated rings. The highest BCUT2D eigenvalue weighted by Crippen LogP contribution is 2.46. The number of hydrogen-bond acceptors (Lipinski definition) is 9. The molecule has 9 heteroatoms. The third-order valence-electron chi connectivity index (χ3n) is 5.99. The first-order valence-electron chi connectivity index (χ1n) is 11.9. The van der Waals surface area contributed by atoms with Gasteiger partial charge in [0, 0.05) is 17.2 Å². The monoisotopic (exact) mass is 516 g/mol. The Morgan fingerprint density at radius 1 is 0.974 bits per heavy atom. The number of carbonyl (C=O) groups excluding carboxylic acids is 1.